The van der Waals surface area contributed by atoms with Crippen molar-refractivity contribution in [1.82, 2.24) is 0 Å². The number of hydrogen-bond acceptors (Lipinski definition) is 3. The number of fused-ring (bicyclic) bond motifs is 2. The number of para-hydroxylation sites is 2. The first-order chi connectivity index (χ1) is 21.7. The molecule has 3 aromatic rings. The number of aryl methyl sites for hydroxylation is 1. The second kappa shape index (κ2) is 14.1. The number of benzene rings is 3. The molecular weight excluding hydrogens is 583 g/mol. The molecule has 0 saturated heterocycles. The third-order valence-corrected chi connectivity index (χ3v) is 15.2. The molecule has 0 spiro atoms. The molecule has 1 amide bonds. The minimum Gasteiger partial charge on any atom is -0.457 e. The van der Waals surface area contributed by atoms with Crippen molar-refractivity contribution in [2.75, 3.05) is 5.32 Å². The number of carbonyl (C=O) groups is 1. The summed E-state index contributed by atoms with van der Waals surface area (Å²) >= 11 is 0. The first-order valence-corrected chi connectivity index (χ1v) is 20.6. The Hall–Kier alpha value is -2.89. The molecule has 248 valence electrons. The lowest BCUT2D eigenvalue weighted by molar-refractivity contribution is -0.116. The Bertz CT molecular complexity index is 1450. The van der Waals surface area contributed by atoms with Crippen LogP contribution in [0.3, 0.4) is 0 Å². The van der Waals surface area contributed by atoms with Gasteiger partial charge in [-0.3, -0.25) is 4.79 Å². The molecule has 1 fully saturated rings. The minimum atomic E-state index is -1.90. The van der Waals surface area contributed by atoms with E-state index in [9.17, 15) is 4.79 Å². The van der Waals surface area contributed by atoms with Crippen molar-refractivity contribution in [2.45, 2.75) is 135 Å². The van der Waals surface area contributed by atoms with E-state index in [0.717, 1.165) is 52.6 Å². The van der Waals surface area contributed by atoms with Crippen molar-refractivity contribution in [3.63, 3.8) is 0 Å². The molecule has 2 aliphatic rings. The van der Waals surface area contributed by atoms with Crippen molar-refractivity contribution in [2.24, 2.45) is 5.92 Å². The Morgan fingerprint density at radius 2 is 1.50 bits per heavy atom. The van der Waals surface area contributed by atoms with Gasteiger partial charge >= 0.3 is 0 Å². The Labute approximate surface area is 279 Å². The summed E-state index contributed by atoms with van der Waals surface area (Å²) in [6, 6.07) is 22.9. The van der Waals surface area contributed by atoms with Gasteiger partial charge in [-0.15, -0.1) is 0 Å². The van der Waals surface area contributed by atoms with Gasteiger partial charge < -0.3 is 14.5 Å². The lowest BCUT2D eigenvalue weighted by Gasteiger charge is -2.40. The van der Waals surface area contributed by atoms with Gasteiger partial charge in [-0.2, -0.15) is 0 Å². The van der Waals surface area contributed by atoms with E-state index in [4.69, 9.17) is 9.16 Å². The smallest absolute Gasteiger partial charge is 0.225 e. The van der Waals surface area contributed by atoms with Gasteiger partial charge in [-0.1, -0.05) is 122 Å². The lowest BCUT2D eigenvalue weighted by atomic mass is 9.83. The molecule has 1 aliphatic heterocycles. The van der Waals surface area contributed by atoms with Crippen LogP contribution in [0.25, 0.3) is 0 Å². The Morgan fingerprint density at radius 3 is 2.09 bits per heavy atom. The zero-order valence-corrected chi connectivity index (χ0v) is 30.7. The van der Waals surface area contributed by atoms with Crippen LogP contribution in [-0.2, 0) is 21.1 Å². The molecule has 5 rings (SSSR count). The van der Waals surface area contributed by atoms with Crippen LogP contribution in [0, 0.1) is 5.92 Å². The molecule has 1 unspecified atom stereocenters. The molecule has 1 saturated carbocycles. The fourth-order valence-corrected chi connectivity index (χ4v) is 8.46. The van der Waals surface area contributed by atoms with Crippen LogP contribution in [-0.4, -0.2) is 20.3 Å². The summed E-state index contributed by atoms with van der Waals surface area (Å²) < 4.78 is 13.3. The average molecular weight is 640 g/mol. The maximum absolute atomic E-state index is 13.9. The van der Waals surface area contributed by atoms with Crippen molar-refractivity contribution >= 4 is 19.9 Å². The van der Waals surface area contributed by atoms with E-state index in [2.05, 4.69) is 90.3 Å². The Balaban J connectivity index is 1.35. The van der Waals surface area contributed by atoms with E-state index in [-0.39, 0.29) is 28.4 Å². The molecule has 3 aromatic carbocycles. The number of nitrogens with one attached hydrogen (secondary N) is 1. The molecule has 5 heteroatoms. The highest BCUT2D eigenvalue weighted by Gasteiger charge is 2.39. The van der Waals surface area contributed by atoms with E-state index >= 15 is 0 Å². The van der Waals surface area contributed by atoms with Gasteiger partial charge in [0.05, 0.1) is 0 Å². The van der Waals surface area contributed by atoms with Crippen molar-refractivity contribution in [3.05, 3.63) is 89.0 Å². The molecule has 0 aromatic heterocycles. The van der Waals surface area contributed by atoms with Crippen LogP contribution in [0.2, 0.25) is 18.1 Å². The predicted molar refractivity (Wildman–Crippen MR) is 195 cm³/mol. The second-order valence-electron chi connectivity index (χ2n) is 16.4. The fraction of sp³-hybridized carbons (Fsp3) is 0.537. The molecule has 1 N–H and O–H groups in total. The van der Waals surface area contributed by atoms with Crippen LogP contribution in [0.5, 0.6) is 11.5 Å². The molecule has 46 heavy (non-hydrogen) atoms. The van der Waals surface area contributed by atoms with Crippen LogP contribution >= 0.6 is 0 Å². The highest BCUT2D eigenvalue weighted by Crippen LogP contribution is 2.46. The highest BCUT2D eigenvalue weighted by atomic mass is 28.4. The van der Waals surface area contributed by atoms with E-state index in [1.54, 1.807) is 0 Å². The lowest BCUT2D eigenvalue weighted by Crippen LogP contribution is -2.44. The maximum atomic E-state index is 13.9. The van der Waals surface area contributed by atoms with Gasteiger partial charge in [-0.05, 0) is 78.1 Å². The summed E-state index contributed by atoms with van der Waals surface area (Å²) in [5, 5.41) is 3.56. The minimum absolute atomic E-state index is 0.0237. The first-order valence-electron chi connectivity index (χ1n) is 17.7. The molecular formula is C41H57NO3Si. The largest absolute Gasteiger partial charge is 0.457 e. The van der Waals surface area contributed by atoms with Gasteiger partial charge in [0.1, 0.15) is 11.5 Å². The van der Waals surface area contributed by atoms with E-state index in [1.165, 1.54) is 44.1 Å². The molecule has 0 bridgehead atoms. The second-order valence-corrected chi connectivity index (χ2v) is 21.1. The predicted octanol–water partition coefficient (Wildman–Crippen LogP) is 11.5. The first kappa shape index (κ1) is 34.4. The summed E-state index contributed by atoms with van der Waals surface area (Å²) in [6.07, 6.45) is 10.6. The zero-order chi connectivity index (χ0) is 33.1. The number of rotatable bonds is 10. The third kappa shape index (κ3) is 8.33. The van der Waals surface area contributed by atoms with Crippen LogP contribution in [0.15, 0.2) is 66.7 Å². The summed E-state index contributed by atoms with van der Waals surface area (Å²) in [5.74, 6) is 2.41. The number of anilines is 1. The average Bonchev–Trinajstić information content (AvgIpc) is 2.99. The Morgan fingerprint density at radius 1 is 0.891 bits per heavy atom. The molecule has 1 atom stereocenters. The summed E-state index contributed by atoms with van der Waals surface area (Å²) in [6.45, 7) is 18.5. The summed E-state index contributed by atoms with van der Waals surface area (Å²) in [7, 11) is -1.90. The van der Waals surface area contributed by atoms with Crippen molar-refractivity contribution in [1.29, 1.82) is 0 Å². The molecule has 1 heterocycles. The van der Waals surface area contributed by atoms with E-state index in [0.29, 0.717) is 6.42 Å². The van der Waals surface area contributed by atoms with E-state index in [1.807, 2.05) is 36.4 Å². The topological polar surface area (TPSA) is 47.6 Å². The fourth-order valence-electron chi connectivity index (χ4n) is 7.06. The van der Waals surface area contributed by atoms with Crippen LogP contribution < -0.4 is 10.1 Å². The van der Waals surface area contributed by atoms with Gasteiger partial charge in [-0.25, -0.2) is 0 Å². The molecule has 4 nitrogen and oxygen atoms in total. The van der Waals surface area contributed by atoms with Crippen LogP contribution in [0.1, 0.15) is 121 Å². The van der Waals surface area contributed by atoms with E-state index < -0.39 is 8.32 Å². The SMILES string of the molecule is CC(C)(C)c1ccc(CCC(CC2CCCCC2)O[Si](C)(C)C(C)(C)C)cc1NC(=O)CC1c2ccccc2Oc2ccccc21. The number of amides is 1. The Kier molecular flexibility index (Phi) is 10.5. The van der Waals surface area contributed by atoms with Crippen molar-refractivity contribution in [3.8, 4) is 11.5 Å². The quantitative estimate of drug-likeness (QED) is 0.225. The number of ether oxygens (including phenoxy) is 1. The number of hydrogen-bond donors (Lipinski definition) is 1. The van der Waals surface area contributed by atoms with Gasteiger partial charge in [0.2, 0.25) is 5.91 Å². The van der Waals surface area contributed by atoms with Crippen LogP contribution in [0.4, 0.5) is 5.69 Å². The van der Waals surface area contributed by atoms with Gasteiger partial charge in [0.15, 0.2) is 8.32 Å². The highest BCUT2D eigenvalue weighted by molar-refractivity contribution is 6.74. The van der Waals surface area contributed by atoms with Crippen molar-refractivity contribution < 1.29 is 14.0 Å². The number of carbonyl (C=O) groups excluding carboxylic acids is 1. The summed E-state index contributed by atoms with van der Waals surface area (Å²) in [5.41, 5.74) is 5.37. The van der Waals surface area contributed by atoms with Gasteiger partial charge in [0, 0.05) is 35.3 Å². The normalized spacial score (nSPS) is 16.7. The summed E-state index contributed by atoms with van der Waals surface area (Å²) in [4.78, 5) is 13.9. The standard InChI is InChI=1S/C41H57NO3Si/c1-40(2,3)35-25-23-30(22-24-31(26-29-16-10-9-11-17-29)45-46(7,8)41(4,5)6)27-36(35)42-39(43)28-34-32-18-12-14-20-37(32)44-38-21-15-13-19-33(34)38/h12-15,18-21,23,25,27,29,31,34H,9-11,16-17,22,24,26,28H2,1-8H3,(H,42,43). The maximum Gasteiger partial charge on any atom is 0.225 e. The zero-order valence-electron chi connectivity index (χ0n) is 29.7. The molecule has 1 aliphatic carbocycles. The monoisotopic (exact) mass is 639 g/mol. The van der Waals surface area contributed by atoms with Gasteiger partial charge in [0.25, 0.3) is 0 Å². The molecule has 0 radical (unpaired) electrons. The third-order valence-electron chi connectivity index (χ3n) is 10.7.